The second kappa shape index (κ2) is 86.0. The van der Waals surface area contributed by atoms with Crippen LogP contribution in [0.15, 0.2) is 0 Å². The fourth-order valence-corrected chi connectivity index (χ4v) is 6.25. The lowest BCUT2D eigenvalue weighted by atomic mass is 10.1. The SMILES string of the molecule is O=C(O)CCCCCCCCC(=O)O.O=C(O)CCCCCCCCC(=O)O.O=C(O)CCCCCCCCC(=O)O.O=C(O)CCCCCCCCC(=O)O.OC[C@@H](O)[C@@H](O)CO.OC[C@@H](O)[C@@H](O)CO.OC[C@@H](O)[C@@H](O)CO.OC[C@@H](O)[C@@H](O)CO.OC[C@@H](O)[C@@H](O)CO. The summed E-state index contributed by atoms with van der Waals surface area (Å²) in [5, 5.41) is 233. The van der Waals surface area contributed by atoms with Crippen LogP contribution in [0.4, 0.5) is 0 Å². The van der Waals surface area contributed by atoms with Gasteiger partial charge >= 0.3 is 47.8 Å². The van der Waals surface area contributed by atoms with E-state index in [4.69, 9.17) is 143 Å². The molecule has 0 aromatic rings. The lowest BCUT2D eigenvalue weighted by Gasteiger charge is -2.10. The van der Waals surface area contributed by atoms with Crippen molar-refractivity contribution < 1.29 is 181 Å². The van der Waals surface area contributed by atoms with E-state index in [-0.39, 0.29) is 51.4 Å². The molecule has 0 aliphatic rings. The number of aliphatic hydroxyl groups excluding tert-OH is 20. The lowest BCUT2D eigenvalue weighted by molar-refractivity contribution is -0.138. The number of aliphatic carboxylic acids is 8. The molecular formula is C60H122O36. The molecule has 28 N–H and O–H groups in total. The Kier molecular flexibility index (Phi) is 98.2. The van der Waals surface area contributed by atoms with Gasteiger partial charge in [0.15, 0.2) is 0 Å². The molecule has 0 bridgehead atoms. The number of carboxylic acids is 8. The first kappa shape index (κ1) is 110. The third-order valence-electron chi connectivity index (χ3n) is 12.2. The molecule has 0 unspecified atom stereocenters. The van der Waals surface area contributed by atoms with Crippen LogP contribution in [0.25, 0.3) is 0 Å². The van der Waals surface area contributed by atoms with Crippen LogP contribution in [-0.4, -0.2) is 318 Å². The van der Waals surface area contributed by atoms with Crippen LogP contribution in [-0.2, 0) is 38.4 Å². The van der Waals surface area contributed by atoms with E-state index in [1.165, 1.54) is 0 Å². The van der Waals surface area contributed by atoms with Crippen LogP contribution in [0.1, 0.15) is 205 Å². The van der Waals surface area contributed by atoms with Gasteiger partial charge in [-0.3, -0.25) is 38.4 Å². The van der Waals surface area contributed by atoms with Crippen molar-refractivity contribution in [3.8, 4) is 0 Å². The van der Waals surface area contributed by atoms with Crippen LogP contribution < -0.4 is 0 Å². The highest BCUT2D eigenvalue weighted by Gasteiger charge is 2.15. The third kappa shape index (κ3) is 110. The molecule has 0 heterocycles. The monoisotopic (exact) mass is 1420 g/mol. The maximum Gasteiger partial charge on any atom is 0.303 e. The zero-order valence-corrected chi connectivity index (χ0v) is 55.3. The van der Waals surface area contributed by atoms with Gasteiger partial charge in [0.05, 0.1) is 66.1 Å². The molecule has 0 fully saturated rings. The molecule has 36 nitrogen and oxygen atoms in total. The van der Waals surface area contributed by atoms with Crippen LogP contribution in [0.3, 0.4) is 0 Å². The lowest BCUT2D eigenvalue weighted by Crippen LogP contribution is -2.31. The van der Waals surface area contributed by atoms with Gasteiger partial charge in [-0.05, 0) is 51.4 Å². The van der Waals surface area contributed by atoms with E-state index in [1.807, 2.05) is 0 Å². The molecule has 578 valence electrons. The number of carbonyl (C=O) groups is 8. The van der Waals surface area contributed by atoms with Crippen molar-refractivity contribution in [3.05, 3.63) is 0 Å². The largest absolute Gasteiger partial charge is 0.481 e. The molecule has 96 heavy (non-hydrogen) atoms. The van der Waals surface area contributed by atoms with Gasteiger partial charge in [0.1, 0.15) is 61.0 Å². The van der Waals surface area contributed by atoms with E-state index in [2.05, 4.69) is 0 Å². The first-order valence-electron chi connectivity index (χ1n) is 31.7. The van der Waals surface area contributed by atoms with Gasteiger partial charge in [-0.1, -0.05) is 103 Å². The quantitative estimate of drug-likeness (QED) is 0.0282. The molecule has 0 rings (SSSR count). The minimum atomic E-state index is -1.22. The van der Waals surface area contributed by atoms with Crippen molar-refractivity contribution in [2.75, 3.05) is 66.1 Å². The number of rotatable bonds is 51. The average molecular weight is 1420 g/mol. The van der Waals surface area contributed by atoms with Crippen molar-refractivity contribution >= 4 is 47.8 Å². The Balaban J connectivity index is -0.000000128. The minimum Gasteiger partial charge on any atom is -0.481 e. The molecule has 0 aliphatic carbocycles. The van der Waals surface area contributed by atoms with Crippen molar-refractivity contribution in [2.45, 2.75) is 267 Å². The molecule has 36 heteroatoms. The number of hydrogen-bond acceptors (Lipinski definition) is 28. The molecule has 0 aromatic carbocycles. The first-order valence-corrected chi connectivity index (χ1v) is 31.7. The fraction of sp³-hybridized carbons (Fsp3) is 0.867. The maximum atomic E-state index is 10.1. The highest BCUT2D eigenvalue weighted by molar-refractivity contribution is 5.68. The van der Waals surface area contributed by atoms with Crippen LogP contribution in [0.2, 0.25) is 0 Å². The third-order valence-corrected chi connectivity index (χ3v) is 12.2. The van der Waals surface area contributed by atoms with Crippen molar-refractivity contribution in [2.24, 2.45) is 0 Å². The molecule has 0 spiro atoms. The molecule has 0 saturated carbocycles. The van der Waals surface area contributed by atoms with E-state index in [1.54, 1.807) is 0 Å². The predicted octanol–water partition coefficient (Wildman–Crippen LogP) is -2.43. The second-order valence-electron chi connectivity index (χ2n) is 21.1. The second-order valence-corrected chi connectivity index (χ2v) is 21.1. The van der Waals surface area contributed by atoms with E-state index >= 15 is 0 Å². The summed E-state index contributed by atoms with van der Waals surface area (Å²) in [6, 6.07) is 0. The Bertz CT molecular complexity index is 1340. The van der Waals surface area contributed by atoms with Crippen LogP contribution in [0.5, 0.6) is 0 Å². The summed E-state index contributed by atoms with van der Waals surface area (Å²) in [6.07, 6.45) is 11.1. The van der Waals surface area contributed by atoms with Gasteiger partial charge in [0, 0.05) is 51.4 Å². The van der Waals surface area contributed by atoms with Crippen molar-refractivity contribution in [1.29, 1.82) is 0 Å². The number of carboxylic acid groups (broad SMARTS) is 8. The summed E-state index contributed by atoms with van der Waals surface area (Å²) < 4.78 is 0. The Morgan fingerprint density at radius 3 is 0.260 bits per heavy atom. The van der Waals surface area contributed by atoms with E-state index < -0.39 is 175 Å². The molecular weight excluding hydrogens is 1300 g/mol. The fourth-order valence-electron chi connectivity index (χ4n) is 6.25. The molecule has 0 amide bonds. The first-order chi connectivity index (χ1) is 45.1. The van der Waals surface area contributed by atoms with E-state index in [0.29, 0.717) is 0 Å². The summed E-state index contributed by atoms with van der Waals surface area (Å²) in [6.45, 7) is -5.26. The van der Waals surface area contributed by atoms with E-state index in [0.717, 1.165) is 154 Å². The van der Waals surface area contributed by atoms with Crippen molar-refractivity contribution in [3.63, 3.8) is 0 Å². The normalized spacial score (nSPS) is 13.3. The predicted molar refractivity (Wildman–Crippen MR) is 340 cm³/mol. The van der Waals surface area contributed by atoms with Crippen LogP contribution in [0, 0.1) is 0 Å². The van der Waals surface area contributed by atoms with Gasteiger partial charge < -0.3 is 143 Å². The Morgan fingerprint density at radius 2 is 0.208 bits per heavy atom. The highest BCUT2D eigenvalue weighted by Crippen LogP contribution is 2.12. The molecule has 0 aliphatic heterocycles. The molecule has 10 atom stereocenters. The standard InChI is InChI=1S/4C10H18O4.5C4H10O4/c4*11-9(12)7-5-3-1-2-4-6-8-10(13)14;5*5-1-3(7)4(8)2-6/h4*1-8H2,(H,11,12)(H,13,14);5*3-8H,1-2H2/t;;;;5*3-,4+. The number of aliphatic hydroxyl groups is 20. The molecule has 0 saturated heterocycles. The highest BCUT2D eigenvalue weighted by atomic mass is 16.4. The topological polar surface area (TPSA) is 703 Å². The molecule has 0 aromatic heterocycles. The summed E-state index contributed by atoms with van der Waals surface area (Å²) in [5.74, 6) is -5.92. The summed E-state index contributed by atoms with van der Waals surface area (Å²) in [7, 11) is 0. The van der Waals surface area contributed by atoms with Gasteiger partial charge in [0.25, 0.3) is 0 Å². The Labute approximate surface area is 560 Å². The minimum absolute atomic E-state index is 0.245. The van der Waals surface area contributed by atoms with Gasteiger partial charge in [-0.2, -0.15) is 0 Å². The van der Waals surface area contributed by atoms with Crippen LogP contribution >= 0.6 is 0 Å². The van der Waals surface area contributed by atoms with E-state index in [9.17, 15) is 38.4 Å². The smallest absolute Gasteiger partial charge is 0.303 e. The number of unbranched alkanes of at least 4 members (excludes halogenated alkanes) is 20. The summed E-state index contributed by atoms with van der Waals surface area (Å²) >= 11 is 0. The number of hydrogen-bond donors (Lipinski definition) is 28. The van der Waals surface area contributed by atoms with Crippen molar-refractivity contribution in [1.82, 2.24) is 0 Å². The summed E-state index contributed by atoms with van der Waals surface area (Å²) in [5.41, 5.74) is 0. The maximum absolute atomic E-state index is 10.1. The Hall–Kier alpha value is -5.04. The summed E-state index contributed by atoms with van der Waals surface area (Å²) in [4.78, 5) is 81.2. The van der Waals surface area contributed by atoms with Gasteiger partial charge in [-0.15, -0.1) is 0 Å². The van der Waals surface area contributed by atoms with Gasteiger partial charge in [0.2, 0.25) is 0 Å². The zero-order chi connectivity index (χ0) is 76.1. The zero-order valence-electron chi connectivity index (χ0n) is 55.3. The molecule has 0 radical (unpaired) electrons. The Morgan fingerprint density at radius 1 is 0.146 bits per heavy atom. The average Bonchev–Trinajstić information content (AvgIpc) is 3.74. The van der Waals surface area contributed by atoms with Gasteiger partial charge in [-0.25, -0.2) is 0 Å².